The second kappa shape index (κ2) is 6.71. The van der Waals surface area contributed by atoms with Crippen molar-refractivity contribution in [2.24, 2.45) is 5.10 Å². The van der Waals surface area contributed by atoms with Crippen molar-refractivity contribution in [2.45, 2.75) is 6.92 Å². The van der Waals surface area contributed by atoms with Crippen LogP contribution in [0.25, 0.3) is 0 Å². The third kappa shape index (κ3) is 3.10. The molecule has 0 aromatic heterocycles. The highest BCUT2D eigenvalue weighted by molar-refractivity contribution is 8.23. The molecule has 0 bridgehead atoms. The fourth-order valence-corrected chi connectivity index (χ4v) is 2.64. The average Bonchev–Trinajstić information content (AvgIpc) is 2.77. The Morgan fingerprint density at radius 3 is 2.95 bits per heavy atom. The van der Waals surface area contributed by atoms with Crippen LogP contribution in [0.15, 0.2) is 23.3 Å². The lowest BCUT2D eigenvalue weighted by atomic mass is 10.2. The molecule has 1 amide bonds. The van der Waals surface area contributed by atoms with Crippen LogP contribution in [0.5, 0.6) is 11.5 Å². The van der Waals surface area contributed by atoms with E-state index in [9.17, 15) is 4.79 Å². The lowest BCUT2D eigenvalue weighted by molar-refractivity contribution is -0.123. The number of amides is 1. The molecule has 106 valence electrons. The summed E-state index contributed by atoms with van der Waals surface area (Å²) in [4.78, 5) is 11.6. The predicted molar refractivity (Wildman–Crippen MR) is 83.7 cm³/mol. The first-order valence-corrected chi connectivity index (χ1v) is 7.40. The summed E-state index contributed by atoms with van der Waals surface area (Å²) in [5.41, 5.74) is 0.735. The van der Waals surface area contributed by atoms with E-state index in [-0.39, 0.29) is 5.91 Å². The first-order chi connectivity index (χ1) is 9.67. The van der Waals surface area contributed by atoms with Crippen molar-refractivity contribution < 1.29 is 14.3 Å². The molecule has 1 aromatic rings. The topological polar surface area (TPSA) is 51.1 Å². The minimum absolute atomic E-state index is 0.114. The van der Waals surface area contributed by atoms with E-state index >= 15 is 0 Å². The van der Waals surface area contributed by atoms with Crippen molar-refractivity contribution in [1.29, 1.82) is 0 Å². The molecule has 0 saturated carbocycles. The zero-order valence-electron chi connectivity index (χ0n) is 11.2. The second-order valence-electron chi connectivity index (χ2n) is 3.82. The molecule has 20 heavy (non-hydrogen) atoms. The Labute approximate surface area is 126 Å². The fraction of sp³-hybridized carbons (Fsp3) is 0.308. The third-order valence-corrected chi connectivity index (χ3v) is 3.90. The average molecular weight is 310 g/mol. The Hall–Kier alpha value is -1.60. The summed E-state index contributed by atoms with van der Waals surface area (Å²) in [5, 5.41) is 5.37. The number of nitrogens with zero attached hydrogens (tertiary/aromatic N) is 2. The first-order valence-electron chi connectivity index (χ1n) is 6.00. The van der Waals surface area contributed by atoms with E-state index in [4.69, 9.17) is 21.7 Å². The van der Waals surface area contributed by atoms with Crippen LogP contribution in [0.1, 0.15) is 12.5 Å². The highest BCUT2D eigenvalue weighted by atomic mass is 32.2. The molecular weight excluding hydrogens is 296 g/mol. The number of hydrazone groups is 1. The van der Waals surface area contributed by atoms with Gasteiger partial charge in [-0.3, -0.25) is 4.79 Å². The molecule has 0 radical (unpaired) electrons. The smallest absolute Gasteiger partial charge is 0.259 e. The van der Waals surface area contributed by atoms with Gasteiger partial charge in [-0.15, -0.1) is 0 Å². The SMILES string of the molecule is CCOc1c(/C=N/N2C(=O)CSC2=S)cccc1OC. The second-order valence-corrected chi connectivity index (χ2v) is 5.43. The quantitative estimate of drug-likeness (QED) is 0.617. The van der Waals surface area contributed by atoms with E-state index in [0.717, 1.165) is 5.56 Å². The molecule has 1 saturated heterocycles. The molecule has 1 aliphatic rings. The number of para-hydroxylation sites is 1. The van der Waals surface area contributed by atoms with Crippen LogP contribution >= 0.6 is 24.0 Å². The molecule has 7 heteroatoms. The Kier molecular flexibility index (Phi) is 4.97. The van der Waals surface area contributed by atoms with Gasteiger partial charge in [-0.25, -0.2) is 0 Å². The molecule has 0 aliphatic carbocycles. The van der Waals surface area contributed by atoms with Gasteiger partial charge in [-0.1, -0.05) is 30.0 Å². The first kappa shape index (κ1) is 14.8. The zero-order chi connectivity index (χ0) is 14.5. The lowest BCUT2D eigenvalue weighted by Crippen LogP contribution is -2.22. The molecule has 0 N–H and O–H groups in total. The summed E-state index contributed by atoms with van der Waals surface area (Å²) in [5.74, 6) is 1.45. The summed E-state index contributed by atoms with van der Waals surface area (Å²) in [6.07, 6.45) is 1.56. The molecule has 0 unspecified atom stereocenters. The normalized spacial score (nSPS) is 15.2. The van der Waals surface area contributed by atoms with Gasteiger partial charge in [0.25, 0.3) is 5.91 Å². The van der Waals surface area contributed by atoms with E-state index < -0.39 is 0 Å². The standard InChI is InChI=1S/C13H14N2O3S2/c1-3-18-12-9(5-4-6-10(12)17-2)7-14-15-11(16)8-20-13(15)19/h4-7H,3,8H2,1-2H3/b14-7+. The maximum Gasteiger partial charge on any atom is 0.259 e. The van der Waals surface area contributed by atoms with Crippen LogP contribution in [-0.4, -0.2) is 40.9 Å². The van der Waals surface area contributed by atoms with E-state index in [1.54, 1.807) is 13.3 Å². The minimum Gasteiger partial charge on any atom is -0.493 e. The van der Waals surface area contributed by atoms with Gasteiger partial charge >= 0.3 is 0 Å². The fourth-order valence-electron chi connectivity index (χ4n) is 1.67. The highest BCUT2D eigenvalue weighted by Crippen LogP contribution is 2.30. The largest absolute Gasteiger partial charge is 0.493 e. The Balaban J connectivity index is 2.28. The number of thiocarbonyl (C=S) groups is 1. The molecular formula is C13H14N2O3S2. The van der Waals surface area contributed by atoms with E-state index in [0.29, 0.717) is 28.2 Å². The van der Waals surface area contributed by atoms with Crippen molar-refractivity contribution in [3.63, 3.8) is 0 Å². The van der Waals surface area contributed by atoms with Gasteiger partial charge in [0, 0.05) is 5.56 Å². The van der Waals surface area contributed by atoms with Crippen molar-refractivity contribution in [1.82, 2.24) is 5.01 Å². The monoisotopic (exact) mass is 310 g/mol. The van der Waals surface area contributed by atoms with Crippen LogP contribution < -0.4 is 9.47 Å². The molecule has 1 aliphatic heterocycles. The van der Waals surface area contributed by atoms with Crippen LogP contribution in [0.2, 0.25) is 0 Å². The Morgan fingerprint density at radius 1 is 1.55 bits per heavy atom. The number of ether oxygens (including phenoxy) is 2. The summed E-state index contributed by atoms with van der Waals surface area (Å²) in [7, 11) is 1.58. The van der Waals surface area contributed by atoms with E-state index in [1.807, 2.05) is 25.1 Å². The third-order valence-electron chi connectivity index (χ3n) is 2.56. The van der Waals surface area contributed by atoms with Crippen molar-refractivity contribution >= 4 is 40.4 Å². The van der Waals surface area contributed by atoms with Crippen molar-refractivity contribution in [2.75, 3.05) is 19.5 Å². The summed E-state index contributed by atoms with van der Waals surface area (Å²) < 4.78 is 11.3. The van der Waals surface area contributed by atoms with Gasteiger partial charge in [-0.2, -0.15) is 10.1 Å². The number of hydrogen-bond acceptors (Lipinski definition) is 6. The molecule has 5 nitrogen and oxygen atoms in total. The van der Waals surface area contributed by atoms with Crippen LogP contribution in [0.4, 0.5) is 0 Å². The van der Waals surface area contributed by atoms with E-state index in [2.05, 4.69) is 5.10 Å². The number of hydrogen-bond donors (Lipinski definition) is 0. The number of rotatable bonds is 5. The van der Waals surface area contributed by atoms with Crippen LogP contribution in [0, 0.1) is 0 Å². The van der Waals surface area contributed by atoms with E-state index in [1.165, 1.54) is 16.8 Å². The lowest BCUT2D eigenvalue weighted by Gasteiger charge is -2.12. The molecule has 1 heterocycles. The summed E-state index contributed by atoms with van der Waals surface area (Å²) >= 11 is 6.37. The van der Waals surface area contributed by atoms with Gasteiger partial charge in [0.2, 0.25) is 0 Å². The van der Waals surface area contributed by atoms with Gasteiger partial charge in [0.05, 0.1) is 25.7 Å². The number of benzene rings is 1. The zero-order valence-corrected chi connectivity index (χ0v) is 12.8. The molecule has 0 spiro atoms. The molecule has 1 fully saturated rings. The number of thioether (sulfide) groups is 1. The summed E-state index contributed by atoms with van der Waals surface area (Å²) in [6.45, 7) is 2.40. The maximum atomic E-state index is 11.6. The Morgan fingerprint density at radius 2 is 2.35 bits per heavy atom. The van der Waals surface area contributed by atoms with Crippen molar-refractivity contribution in [3.8, 4) is 11.5 Å². The highest BCUT2D eigenvalue weighted by Gasteiger charge is 2.26. The number of carbonyl (C=O) groups excluding carboxylic acids is 1. The van der Waals surface area contributed by atoms with Gasteiger partial charge in [-0.05, 0) is 19.1 Å². The summed E-state index contributed by atoms with van der Waals surface area (Å²) in [6, 6.07) is 5.49. The minimum atomic E-state index is -0.114. The number of carbonyl (C=O) groups is 1. The number of methoxy groups -OCH3 is 1. The molecule has 1 aromatic carbocycles. The van der Waals surface area contributed by atoms with Crippen LogP contribution in [-0.2, 0) is 4.79 Å². The van der Waals surface area contributed by atoms with Crippen molar-refractivity contribution in [3.05, 3.63) is 23.8 Å². The maximum absolute atomic E-state index is 11.6. The predicted octanol–water partition coefficient (Wildman–Crippen LogP) is 2.29. The van der Waals surface area contributed by atoms with Gasteiger partial charge in [0.15, 0.2) is 15.8 Å². The van der Waals surface area contributed by atoms with Crippen LogP contribution in [0.3, 0.4) is 0 Å². The molecule has 2 rings (SSSR count). The van der Waals surface area contributed by atoms with Gasteiger partial charge in [0.1, 0.15) is 0 Å². The Bertz CT molecular complexity index is 545. The van der Waals surface area contributed by atoms with Gasteiger partial charge < -0.3 is 9.47 Å². The molecule has 0 atom stereocenters.